The Morgan fingerprint density at radius 1 is 0.775 bits per heavy atom. The van der Waals surface area contributed by atoms with Gasteiger partial charge in [0.15, 0.2) is 11.5 Å². The molecule has 0 saturated carbocycles. The maximum atomic E-state index is 12.5. The van der Waals surface area contributed by atoms with Gasteiger partial charge in [-0.2, -0.15) is 0 Å². The predicted molar refractivity (Wildman–Crippen MR) is 150 cm³/mol. The fraction of sp³-hybridized carbons (Fsp3) is 0.667. The number of carbonyl (C=O) groups excluding carboxylic acids is 4. The molecule has 0 bridgehead atoms. The highest BCUT2D eigenvalue weighted by molar-refractivity contribution is 5.77. The number of rotatable bonds is 17. The molecule has 0 aliphatic carbocycles. The largest absolute Gasteiger partial charge is 0.508 e. The van der Waals surface area contributed by atoms with E-state index < -0.39 is 36.2 Å². The van der Waals surface area contributed by atoms with Gasteiger partial charge in [-0.3, -0.25) is 14.4 Å². The van der Waals surface area contributed by atoms with Crippen LogP contribution in [0.25, 0.3) is 0 Å². The van der Waals surface area contributed by atoms with Crippen molar-refractivity contribution in [1.82, 2.24) is 0 Å². The summed E-state index contributed by atoms with van der Waals surface area (Å²) in [7, 11) is 0. The fourth-order valence-electron chi connectivity index (χ4n) is 3.51. The summed E-state index contributed by atoms with van der Waals surface area (Å²) in [5, 5.41) is 0. The standard InChI is InChI=1S/C30H47NO9/c1-8-9-21(6)38-30(35)36-18-22(7)37-29(34)24(31)16-23-12-13-25(39-27(32)14-10-19(2)3)26(17-23)40-28(33)15-11-20(4)5/h12-13,17,19-22,24H,8-11,14-16,18,31H2,1-7H3/t21?,22-,24-/m0/s1. The Kier molecular flexibility index (Phi) is 15.9. The number of ether oxygens (including phenoxy) is 5. The molecule has 0 radical (unpaired) electrons. The van der Waals surface area contributed by atoms with Crippen molar-refractivity contribution in [3.05, 3.63) is 23.8 Å². The first-order valence-electron chi connectivity index (χ1n) is 14.1. The van der Waals surface area contributed by atoms with E-state index in [-0.39, 0.29) is 43.5 Å². The topological polar surface area (TPSA) is 140 Å². The van der Waals surface area contributed by atoms with E-state index >= 15 is 0 Å². The molecule has 0 spiro atoms. The molecule has 10 nitrogen and oxygen atoms in total. The molecule has 0 aromatic heterocycles. The molecule has 40 heavy (non-hydrogen) atoms. The second-order valence-corrected chi connectivity index (χ2v) is 10.9. The average molecular weight is 566 g/mol. The van der Waals surface area contributed by atoms with Crippen LogP contribution in [0.2, 0.25) is 0 Å². The Bertz CT molecular complexity index is 960. The van der Waals surface area contributed by atoms with Crippen molar-refractivity contribution in [2.75, 3.05) is 6.61 Å². The summed E-state index contributed by atoms with van der Waals surface area (Å²) in [6, 6.07) is 3.66. The van der Waals surface area contributed by atoms with Crippen molar-refractivity contribution in [3.8, 4) is 11.5 Å². The third kappa shape index (κ3) is 14.9. The Hall–Kier alpha value is -3.14. The molecule has 1 aromatic carbocycles. The van der Waals surface area contributed by atoms with Gasteiger partial charge in [-0.05, 0) is 69.1 Å². The molecular weight excluding hydrogens is 518 g/mol. The molecule has 10 heteroatoms. The summed E-state index contributed by atoms with van der Waals surface area (Å²) < 4.78 is 26.4. The van der Waals surface area contributed by atoms with Crippen LogP contribution in [-0.2, 0) is 35.0 Å². The van der Waals surface area contributed by atoms with Crippen LogP contribution in [0.1, 0.15) is 92.6 Å². The van der Waals surface area contributed by atoms with Crippen LogP contribution >= 0.6 is 0 Å². The Balaban J connectivity index is 2.82. The van der Waals surface area contributed by atoms with E-state index in [2.05, 4.69) is 0 Å². The fourth-order valence-corrected chi connectivity index (χ4v) is 3.51. The maximum absolute atomic E-state index is 12.5. The van der Waals surface area contributed by atoms with Gasteiger partial charge in [0, 0.05) is 12.8 Å². The summed E-state index contributed by atoms with van der Waals surface area (Å²) >= 11 is 0. The van der Waals surface area contributed by atoms with Crippen molar-refractivity contribution >= 4 is 24.1 Å². The van der Waals surface area contributed by atoms with E-state index in [1.54, 1.807) is 19.9 Å². The van der Waals surface area contributed by atoms with E-state index in [1.807, 2.05) is 34.6 Å². The number of hydrogen-bond acceptors (Lipinski definition) is 10. The van der Waals surface area contributed by atoms with E-state index in [1.165, 1.54) is 12.1 Å². The van der Waals surface area contributed by atoms with Crippen LogP contribution in [0.15, 0.2) is 18.2 Å². The molecule has 1 unspecified atom stereocenters. The highest BCUT2D eigenvalue weighted by atomic mass is 16.7. The lowest BCUT2D eigenvalue weighted by atomic mass is 10.1. The molecule has 2 N–H and O–H groups in total. The number of hydrogen-bond donors (Lipinski definition) is 1. The third-order valence-electron chi connectivity index (χ3n) is 5.81. The molecule has 1 rings (SSSR count). The van der Waals surface area contributed by atoms with Gasteiger partial charge < -0.3 is 29.4 Å². The smallest absolute Gasteiger partial charge is 0.458 e. The second kappa shape index (κ2) is 18.3. The van der Waals surface area contributed by atoms with Crippen LogP contribution < -0.4 is 15.2 Å². The number of nitrogens with two attached hydrogens (primary N) is 1. The number of esters is 3. The van der Waals surface area contributed by atoms with Crippen LogP contribution in [0.3, 0.4) is 0 Å². The van der Waals surface area contributed by atoms with E-state index in [4.69, 9.17) is 29.4 Å². The summed E-state index contributed by atoms with van der Waals surface area (Å²) in [5.41, 5.74) is 6.65. The highest BCUT2D eigenvalue weighted by Crippen LogP contribution is 2.30. The Labute approximate surface area is 238 Å². The molecule has 0 saturated heterocycles. The molecule has 0 heterocycles. The van der Waals surface area contributed by atoms with E-state index in [9.17, 15) is 19.2 Å². The number of benzene rings is 1. The first-order valence-corrected chi connectivity index (χ1v) is 14.1. The molecule has 0 amide bonds. The first-order chi connectivity index (χ1) is 18.8. The minimum atomic E-state index is -1.04. The van der Waals surface area contributed by atoms with Crippen molar-refractivity contribution < 1.29 is 42.9 Å². The predicted octanol–water partition coefficient (Wildman–Crippen LogP) is 5.51. The minimum Gasteiger partial charge on any atom is -0.458 e. The van der Waals surface area contributed by atoms with Crippen molar-refractivity contribution in [2.45, 2.75) is 112 Å². The van der Waals surface area contributed by atoms with E-state index in [0.29, 0.717) is 30.2 Å². The summed E-state index contributed by atoms with van der Waals surface area (Å²) in [4.78, 5) is 49.0. The highest BCUT2D eigenvalue weighted by Gasteiger charge is 2.22. The summed E-state index contributed by atoms with van der Waals surface area (Å²) in [6.45, 7) is 13.2. The van der Waals surface area contributed by atoms with Gasteiger partial charge in [-0.1, -0.05) is 47.1 Å². The quantitative estimate of drug-likeness (QED) is 0.190. The molecule has 0 aliphatic heterocycles. The second-order valence-electron chi connectivity index (χ2n) is 10.9. The van der Waals surface area contributed by atoms with Crippen molar-refractivity contribution in [1.29, 1.82) is 0 Å². The summed E-state index contributed by atoms with van der Waals surface area (Å²) in [6.07, 6.45) is 1.58. The molecule has 226 valence electrons. The Morgan fingerprint density at radius 2 is 1.35 bits per heavy atom. The lowest BCUT2D eigenvalue weighted by Gasteiger charge is -2.18. The van der Waals surface area contributed by atoms with Gasteiger partial charge in [0.25, 0.3) is 0 Å². The van der Waals surface area contributed by atoms with Crippen LogP contribution in [0, 0.1) is 11.8 Å². The maximum Gasteiger partial charge on any atom is 0.508 e. The Morgan fingerprint density at radius 3 is 1.90 bits per heavy atom. The van der Waals surface area contributed by atoms with Crippen LogP contribution in [0.4, 0.5) is 4.79 Å². The molecule has 1 aromatic rings. The number of carbonyl (C=O) groups is 4. The zero-order valence-corrected chi connectivity index (χ0v) is 25.0. The lowest BCUT2D eigenvalue weighted by molar-refractivity contribution is -0.152. The van der Waals surface area contributed by atoms with Crippen LogP contribution in [-0.4, -0.2) is 48.9 Å². The molecule has 0 fully saturated rings. The first kappa shape index (κ1) is 34.9. The minimum absolute atomic E-state index is 0.0705. The van der Waals surface area contributed by atoms with Gasteiger partial charge in [0.05, 0.1) is 0 Å². The van der Waals surface area contributed by atoms with Gasteiger partial charge in [-0.15, -0.1) is 0 Å². The monoisotopic (exact) mass is 565 g/mol. The summed E-state index contributed by atoms with van der Waals surface area (Å²) in [5.74, 6) is -0.712. The van der Waals surface area contributed by atoms with Crippen molar-refractivity contribution in [2.24, 2.45) is 17.6 Å². The molecular formula is C30H47NO9. The van der Waals surface area contributed by atoms with E-state index in [0.717, 1.165) is 12.8 Å². The normalized spacial score (nSPS) is 13.3. The van der Waals surface area contributed by atoms with Gasteiger partial charge in [0.2, 0.25) is 0 Å². The van der Waals surface area contributed by atoms with Gasteiger partial charge in [-0.25, -0.2) is 4.79 Å². The third-order valence-corrected chi connectivity index (χ3v) is 5.81. The molecule has 3 atom stereocenters. The van der Waals surface area contributed by atoms with Gasteiger partial charge in [0.1, 0.15) is 24.9 Å². The zero-order valence-electron chi connectivity index (χ0n) is 25.0. The van der Waals surface area contributed by atoms with Crippen molar-refractivity contribution in [3.63, 3.8) is 0 Å². The lowest BCUT2D eigenvalue weighted by Crippen LogP contribution is -2.37. The zero-order chi connectivity index (χ0) is 30.2. The van der Waals surface area contributed by atoms with Crippen LogP contribution in [0.5, 0.6) is 11.5 Å². The van der Waals surface area contributed by atoms with Gasteiger partial charge >= 0.3 is 24.1 Å². The average Bonchev–Trinajstić information content (AvgIpc) is 2.86. The SMILES string of the molecule is CCCC(C)OC(=O)OC[C@H](C)OC(=O)[C@@H](N)Cc1ccc(OC(=O)CCC(C)C)c(OC(=O)CCC(C)C)c1. The molecule has 0 aliphatic rings.